The third-order valence-corrected chi connectivity index (χ3v) is 5.93. The first kappa shape index (κ1) is 21.9. The van der Waals surface area contributed by atoms with Gasteiger partial charge in [-0.25, -0.2) is 4.98 Å². The molecule has 0 saturated carbocycles. The van der Waals surface area contributed by atoms with Gasteiger partial charge in [-0.1, -0.05) is 0 Å². The molecule has 2 aliphatic rings. The highest BCUT2D eigenvalue weighted by Gasteiger charge is 2.13. The summed E-state index contributed by atoms with van der Waals surface area (Å²) in [5.74, 6) is 2.14. The minimum Gasteiger partial charge on any atom is -0.497 e. The SMILES string of the molecule is COc1ccc2ncc(=O)n(CCN3C=CC(=NCc4cc5c(cn4)OCCCO5)CC3)c2c1. The highest BCUT2D eigenvalue weighted by atomic mass is 16.5. The van der Waals surface area contributed by atoms with Crippen molar-refractivity contribution in [2.24, 2.45) is 4.99 Å². The Hall–Kier alpha value is -3.88. The van der Waals surface area contributed by atoms with Crippen LogP contribution in [0.5, 0.6) is 17.2 Å². The van der Waals surface area contributed by atoms with Gasteiger partial charge in [-0.2, -0.15) is 0 Å². The minimum atomic E-state index is -0.119. The average Bonchev–Trinajstić information content (AvgIpc) is 3.12. The number of benzene rings is 1. The summed E-state index contributed by atoms with van der Waals surface area (Å²) < 4.78 is 18.4. The van der Waals surface area contributed by atoms with Crippen molar-refractivity contribution in [3.8, 4) is 17.2 Å². The van der Waals surface area contributed by atoms with Gasteiger partial charge in [0.25, 0.3) is 5.56 Å². The fourth-order valence-electron chi connectivity index (χ4n) is 4.03. The minimum absolute atomic E-state index is 0.119. The van der Waals surface area contributed by atoms with E-state index < -0.39 is 0 Å². The number of fused-ring (bicyclic) bond motifs is 2. The molecule has 1 aromatic carbocycles. The van der Waals surface area contributed by atoms with Crippen molar-refractivity contribution in [2.45, 2.75) is 25.9 Å². The lowest BCUT2D eigenvalue weighted by atomic mass is 10.2. The van der Waals surface area contributed by atoms with Gasteiger partial charge in [-0.05, 0) is 18.2 Å². The molecule has 2 aliphatic heterocycles. The molecule has 176 valence electrons. The lowest BCUT2D eigenvalue weighted by Crippen LogP contribution is -2.31. The summed E-state index contributed by atoms with van der Waals surface area (Å²) in [6, 6.07) is 7.48. The van der Waals surface area contributed by atoms with Crippen LogP contribution < -0.4 is 19.8 Å². The summed E-state index contributed by atoms with van der Waals surface area (Å²) in [4.78, 5) is 28.1. The molecule has 0 atom stereocenters. The molecule has 0 unspecified atom stereocenters. The molecule has 0 spiro atoms. The molecule has 0 N–H and O–H groups in total. The standard InChI is InChI=1S/C25H27N5O4/c1-32-20-3-4-21-22(14-20)30(25(31)17-28-21)10-9-29-7-5-18(6-8-29)26-15-19-13-23-24(16-27-19)34-12-2-11-33-23/h3-5,7,13-14,16-17H,2,6,8-12,15H2,1H3. The van der Waals surface area contributed by atoms with E-state index in [0.717, 1.165) is 47.6 Å². The Bertz CT molecular complexity index is 1300. The zero-order valence-corrected chi connectivity index (χ0v) is 19.1. The van der Waals surface area contributed by atoms with Crippen molar-refractivity contribution >= 4 is 16.7 Å². The first-order chi connectivity index (χ1) is 16.7. The second kappa shape index (κ2) is 9.94. The Morgan fingerprint density at radius 3 is 2.79 bits per heavy atom. The quantitative estimate of drug-likeness (QED) is 0.557. The number of nitrogens with zero attached hydrogens (tertiary/aromatic N) is 5. The predicted octanol–water partition coefficient (Wildman–Crippen LogP) is 2.82. The normalized spacial score (nSPS) is 16.6. The Morgan fingerprint density at radius 2 is 1.97 bits per heavy atom. The maximum atomic E-state index is 12.5. The molecular weight excluding hydrogens is 434 g/mol. The summed E-state index contributed by atoms with van der Waals surface area (Å²) in [5.41, 5.74) is 3.31. The largest absolute Gasteiger partial charge is 0.497 e. The summed E-state index contributed by atoms with van der Waals surface area (Å²) in [6.07, 6.45) is 8.87. The van der Waals surface area contributed by atoms with Crippen LogP contribution >= 0.6 is 0 Å². The molecule has 0 bridgehead atoms. The fourth-order valence-corrected chi connectivity index (χ4v) is 4.03. The molecular formula is C25H27N5O4. The van der Waals surface area contributed by atoms with Gasteiger partial charge in [0.2, 0.25) is 0 Å². The van der Waals surface area contributed by atoms with Gasteiger partial charge in [0.15, 0.2) is 11.5 Å². The maximum absolute atomic E-state index is 12.5. The van der Waals surface area contributed by atoms with Crippen molar-refractivity contribution in [1.82, 2.24) is 19.4 Å². The Labute approximate surface area is 197 Å². The summed E-state index contributed by atoms with van der Waals surface area (Å²) in [5, 5.41) is 0. The van der Waals surface area contributed by atoms with E-state index >= 15 is 0 Å². The van der Waals surface area contributed by atoms with Gasteiger partial charge in [-0.3, -0.25) is 14.8 Å². The number of allylic oxidation sites excluding steroid dienone is 1. The monoisotopic (exact) mass is 461 g/mol. The average molecular weight is 462 g/mol. The van der Waals surface area contributed by atoms with Crippen molar-refractivity contribution in [3.63, 3.8) is 0 Å². The summed E-state index contributed by atoms with van der Waals surface area (Å²) >= 11 is 0. The van der Waals surface area contributed by atoms with Gasteiger partial charge in [0, 0.05) is 56.5 Å². The molecule has 0 radical (unpaired) electrons. The lowest BCUT2D eigenvalue weighted by molar-refractivity contribution is 0.296. The van der Waals surface area contributed by atoms with E-state index in [-0.39, 0.29) is 5.56 Å². The van der Waals surface area contributed by atoms with Crippen molar-refractivity contribution in [3.05, 3.63) is 65.0 Å². The zero-order valence-electron chi connectivity index (χ0n) is 19.1. The molecule has 0 aliphatic carbocycles. The number of aromatic nitrogens is 3. The maximum Gasteiger partial charge on any atom is 0.269 e. The third kappa shape index (κ3) is 4.88. The number of methoxy groups -OCH3 is 1. The van der Waals surface area contributed by atoms with E-state index in [1.807, 2.05) is 36.5 Å². The van der Waals surface area contributed by atoms with Gasteiger partial charge < -0.3 is 23.7 Å². The highest BCUT2D eigenvalue weighted by Crippen LogP contribution is 2.29. The van der Waals surface area contributed by atoms with Gasteiger partial charge in [-0.15, -0.1) is 0 Å². The summed E-state index contributed by atoms with van der Waals surface area (Å²) in [6.45, 7) is 3.91. The molecule has 2 aromatic heterocycles. The molecule has 0 amide bonds. The number of hydrogen-bond donors (Lipinski definition) is 0. The van der Waals surface area contributed by atoms with E-state index in [9.17, 15) is 4.79 Å². The van der Waals surface area contributed by atoms with E-state index in [4.69, 9.17) is 19.2 Å². The second-order valence-electron chi connectivity index (χ2n) is 8.18. The number of hydrogen-bond acceptors (Lipinski definition) is 8. The number of rotatable bonds is 6. The van der Waals surface area contributed by atoms with Gasteiger partial charge in [0.1, 0.15) is 5.75 Å². The van der Waals surface area contributed by atoms with Gasteiger partial charge in [0.05, 0.1) is 56.0 Å². The smallest absolute Gasteiger partial charge is 0.269 e. The van der Waals surface area contributed by atoms with Crippen LogP contribution in [-0.2, 0) is 13.1 Å². The first-order valence-corrected chi connectivity index (χ1v) is 11.4. The van der Waals surface area contributed by atoms with E-state index in [1.54, 1.807) is 17.9 Å². The zero-order chi connectivity index (χ0) is 23.3. The number of aliphatic imine (C=N–C) groups is 1. The van der Waals surface area contributed by atoms with Crippen LogP contribution in [0.4, 0.5) is 0 Å². The molecule has 9 heteroatoms. The highest BCUT2D eigenvalue weighted by molar-refractivity contribution is 5.95. The second-order valence-corrected chi connectivity index (χ2v) is 8.18. The van der Waals surface area contributed by atoms with E-state index in [0.29, 0.717) is 44.3 Å². The molecule has 4 heterocycles. The third-order valence-electron chi connectivity index (χ3n) is 5.93. The van der Waals surface area contributed by atoms with Crippen molar-refractivity contribution < 1.29 is 14.2 Å². The Kier molecular flexibility index (Phi) is 6.42. The number of pyridine rings is 1. The summed E-state index contributed by atoms with van der Waals surface area (Å²) in [7, 11) is 1.61. The molecule has 0 fully saturated rings. The molecule has 34 heavy (non-hydrogen) atoms. The van der Waals surface area contributed by atoms with Crippen LogP contribution in [0.2, 0.25) is 0 Å². The van der Waals surface area contributed by atoms with E-state index in [2.05, 4.69) is 14.9 Å². The Balaban J connectivity index is 1.22. The molecule has 9 nitrogen and oxygen atoms in total. The van der Waals surface area contributed by atoms with Crippen LogP contribution in [0, 0.1) is 0 Å². The van der Waals surface area contributed by atoms with Crippen LogP contribution in [0.3, 0.4) is 0 Å². The fraction of sp³-hybridized carbons (Fsp3) is 0.360. The van der Waals surface area contributed by atoms with E-state index in [1.165, 1.54) is 6.20 Å². The van der Waals surface area contributed by atoms with Crippen LogP contribution in [0.1, 0.15) is 18.5 Å². The molecule has 5 rings (SSSR count). The number of ether oxygens (including phenoxy) is 3. The van der Waals surface area contributed by atoms with Crippen LogP contribution in [0.15, 0.2) is 58.7 Å². The lowest BCUT2D eigenvalue weighted by Gasteiger charge is -2.24. The van der Waals surface area contributed by atoms with Crippen molar-refractivity contribution in [1.29, 1.82) is 0 Å². The topological polar surface area (TPSA) is 91.1 Å². The van der Waals surface area contributed by atoms with Crippen LogP contribution in [0.25, 0.3) is 11.0 Å². The first-order valence-electron chi connectivity index (χ1n) is 11.4. The van der Waals surface area contributed by atoms with Crippen LogP contribution in [-0.4, -0.2) is 58.6 Å². The molecule has 0 saturated heterocycles. The Morgan fingerprint density at radius 1 is 1.09 bits per heavy atom. The van der Waals surface area contributed by atoms with Gasteiger partial charge >= 0.3 is 0 Å². The molecule has 3 aromatic rings. The predicted molar refractivity (Wildman–Crippen MR) is 129 cm³/mol. The van der Waals surface area contributed by atoms with Crippen molar-refractivity contribution in [2.75, 3.05) is 33.4 Å².